The highest BCUT2D eigenvalue weighted by Crippen LogP contribution is 2.28. The van der Waals surface area contributed by atoms with Gasteiger partial charge in [0.25, 0.3) is 0 Å². The van der Waals surface area contributed by atoms with Gasteiger partial charge >= 0.3 is 12.3 Å². The van der Waals surface area contributed by atoms with Crippen molar-refractivity contribution >= 4 is 12.0 Å². The molecule has 0 amide bonds. The van der Waals surface area contributed by atoms with Crippen LogP contribution in [0, 0.1) is 0 Å². The minimum Gasteiger partial charge on any atom is -0.497 e. The van der Waals surface area contributed by atoms with Crippen LogP contribution >= 0.6 is 0 Å². The van der Waals surface area contributed by atoms with Crippen LogP contribution in [0.5, 0.6) is 11.5 Å². The fourth-order valence-electron chi connectivity index (χ4n) is 1.50. The second-order valence-corrected chi connectivity index (χ2v) is 5.36. The van der Waals surface area contributed by atoms with Gasteiger partial charge in [-0.05, 0) is 44.5 Å². The topological polar surface area (TPSA) is 44.8 Å². The van der Waals surface area contributed by atoms with Gasteiger partial charge in [0, 0.05) is 12.1 Å². The number of hydrogen-bond donors (Lipinski definition) is 0. The van der Waals surface area contributed by atoms with E-state index in [2.05, 4.69) is 4.74 Å². The molecule has 122 valence electrons. The molecule has 4 nitrogen and oxygen atoms in total. The molecular weight excluding hydrogens is 301 g/mol. The summed E-state index contributed by atoms with van der Waals surface area (Å²) in [6, 6.07) is 3.69. The van der Waals surface area contributed by atoms with Gasteiger partial charge in [-0.2, -0.15) is 0 Å². The molecule has 0 aliphatic carbocycles. The van der Waals surface area contributed by atoms with E-state index in [0.29, 0.717) is 5.56 Å². The summed E-state index contributed by atoms with van der Waals surface area (Å²) in [6.45, 7) is 5.12. The van der Waals surface area contributed by atoms with Crippen molar-refractivity contribution in [1.29, 1.82) is 0 Å². The van der Waals surface area contributed by atoms with Crippen molar-refractivity contribution in [2.45, 2.75) is 32.7 Å². The van der Waals surface area contributed by atoms with Gasteiger partial charge in [-0.15, -0.1) is 13.2 Å². The Morgan fingerprint density at radius 1 is 1.09 bits per heavy atom. The largest absolute Gasteiger partial charge is 0.573 e. The fourth-order valence-corrected chi connectivity index (χ4v) is 1.50. The first-order chi connectivity index (χ1) is 9.98. The van der Waals surface area contributed by atoms with Crippen molar-refractivity contribution in [3.63, 3.8) is 0 Å². The molecule has 0 bridgehead atoms. The lowest BCUT2D eigenvalue weighted by atomic mass is 10.1. The van der Waals surface area contributed by atoms with Crippen molar-refractivity contribution in [2.24, 2.45) is 0 Å². The monoisotopic (exact) mass is 318 g/mol. The molecule has 1 aromatic carbocycles. The summed E-state index contributed by atoms with van der Waals surface area (Å²) in [4.78, 5) is 11.5. The maximum Gasteiger partial charge on any atom is 0.573 e. The van der Waals surface area contributed by atoms with Crippen LogP contribution < -0.4 is 9.47 Å². The SMILES string of the molecule is COc1cc(C=CC(=O)OC(C)(C)C)cc(OC(F)(F)F)c1. The molecular formula is C15H17F3O4. The first-order valence-corrected chi connectivity index (χ1v) is 6.34. The summed E-state index contributed by atoms with van der Waals surface area (Å²) >= 11 is 0. The van der Waals surface area contributed by atoms with E-state index in [1.807, 2.05) is 0 Å². The van der Waals surface area contributed by atoms with Gasteiger partial charge in [-0.3, -0.25) is 0 Å². The number of benzene rings is 1. The predicted molar refractivity (Wildman–Crippen MR) is 74.6 cm³/mol. The Hall–Kier alpha value is -2.18. The summed E-state index contributed by atoms with van der Waals surface area (Å²) < 4.78 is 50.6. The molecule has 1 rings (SSSR count). The number of halogens is 3. The van der Waals surface area contributed by atoms with Gasteiger partial charge in [0.2, 0.25) is 0 Å². The maximum atomic E-state index is 12.3. The molecule has 0 spiro atoms. The van der Waals surface area contributed by atoms with Gasteiger partial charge in [-0.1, -0.05) is 0 Å². The van der Waals surface area contributed by atoms with Crippen molar-refractivity contribution in [3.8, 4) is 11.5 Å². The quantitative estimate of drug-likeness (QED) is 0.623. The average molecular weight is 318 g/mol. The van der Waals surface area contributed by atoms with Crippen LogP contribution in [0.1, 0.15) is 26.3 Å². The van der Waals surface area contributed by atoms with E-state index >= 15 is 0 Å². The van der Waals surface area contributed by atoms with Gasteiger partial charge in [-0.25, -0.2) is 4.79 Å². The lowest BCUT2D eigenvalue weighted by Crippen LogP contribution is -2.22. The lowest BCUT2D eigenvalue weighted by Gasteiger charge is -2.17. The highest BCUT2D eigenvalue weighted by atomic mass is 19.4. The first kappa shape index (κ1) is 17.9. The molecule has 7 heteroatoms. The average Bonchev–Trinajstić information content (AvgIpc) is 2.32. The molecule has 0 N–H and O–H groups in total. The minimum absolute atomic E-state index is 0.172. The van der Waals surface area contributed by atoms with Crippen LogP contribution in [0.25, 0.3) is 6.08 Å². The van der Waals surface area contributed by atoms with E-state index < -0.39 is 23.7 Å². The predicted octanol–water partition coefficient (Wildman–Crippen LogP) is 3.95. The van der Waals surface area contributed by atoms with Gasteiger partial charge in [0.15, 0.2) is 0 Å². The van der Waals surface area contributed by atoms with Crippen molar-refractivity contribution in [1.82, 2.24) is 0 Å². The number of rotatable bonds is 4. The van der Waals surface area contributed by atoms with Crippen LogP contribution in [-0.4, -0.2) is 25.0 Å². The molecule has 0 saturated heterocycles. The second-order valence-electron chi connectivity index (χ2n) is 5.36. The molecule has 0 aliphatic heterocycles. The second kappa shape index (κ2) is 6.72. The summed E-state index contributed by atoms with van der Waals surface area (Å²) in [7, 11) is 1.31. The maximum absolute atomic E-state index is 12.3. The highest BCUT2D eigenvalue weighted by Gasteiger charge is 2.31. The smallest absolute Gasteiger partial charge is 0.497 e. The van der Waals surface area contributed by atoms with Crippen LogP contribution in [0.2, 0.25) is 0 Å². The molecule has 0 fully saturated rings. The van der Waals surface area contributed by atoms with E-state index in [4.69, 9.17) is 9.47 Å². The van der Waals surface area contributed by atoms with Gasteiger partial charge in [0.1, 0.15) is 17.1 Å². The zero-order valence-electron chi connectivity index (χ0n) is 12.7. The summed E-state index contributed by atoms with van der Waals surface area (Å²) in [5.74, 6) is -0.866. The number of esters is 1. The van der Waals surface area contributed by atoms with E-state index in [1.54, 1.807) is 20.8 Å². The molecule has 0 aromatic heterocycles. The van der Waals surface area contributed by atoms with Crippen LogP contribution in [0.4, 0.5) is 13.2 Å². The zero-order chi connectivity index (χ0) is 17.0. The number of carbonyl (C=O) groups excluding carboxylic acids is 1. The van der Waals surface area contributed by atoms with E-state index in [1.165, 1.54) is 19.3 Å². The molecule has 0 unspecified atom stereocenters. The normalized spacial score (nSPS) is 12.3. The summed E-state index contributed by atoms with van der Waals surface area (Å²) in [5, 5.41) is 0. The summed E-state index contributed by atoms with van der Waals surface area (Å²) in [5.41, 5.74) is -0.343. The van der Waals surface area contributed by atoms with Gasteiger partial charge < -0.3 is 14.2 Å². The van der Waals surface area contributed by atoms with E-state index in [-0.39, 0.29) is 5.75 Å². The van der Waals surface area contributed by atoms with Crippen LogP contribution in [-0.2, 0) is 9.53 Å². The number of alkyl halides is 3. The fraction of sp³-hybridized carbons (Fsp3) is 0.400. The number of methoxy groups -OCH3 is 1. The Kier molecular flexibility index (Phi) is 5.46. The van der Waals surface area contributed by atoms with E-state index in [9.17, 15) is 18.0 Å². The molecule has 0 heterocycles. The van der Waals surface area contributed by atoms with E-state index in [0.717, 1.165) is 18.2 Å². The molecule has 0 atom stereocenters. The van der Waals surface area contributed by atoms with Crippen molar-refractivity contribution < 1.29 is 32.2 Å². The third-order valence-electron chi connectivity index (χ3n) is 2.19. The Morgan fingerprint density at radius 2 is 1.68 bits per heavy atom. The molecule has 1 aromatic rings. The summed E-state index contributed by atoms with van der Waals surface area (Å²) in [6.07, 6.45) is -2.37. The van der Waals surface area contributed by atoms with Gasteiger partial charge in [0.05, 0.1) is 7.11 Å². The minimum atomic E-state index is -4.81. The first-order valence-electron chi connectivity index (χ1n) is 6.34. The van der Waals surface area contributed by atoms with Crippen molar-refractivity contribution in [3.05, 3.63) is 29.8 Å². The Balaban J connectivity index is 2.94. The standard InChI is InChI=1S/C15H17F3O4/c1-14(2,3)22-13(19)6-5-10-7-11(20-4)9-12(8-10)21-15(16,17)18/h5-9H,1-4H3. The molecule has 0 aliphatic rings. The number of carbonyl (C=O) groups is 1. The highest BCUT2D eigenvalue weighted by molar-refractivity contribution is 5.87. The Morgan fingerprint density at radius 3 is 2.18 bits per heavy atom. The third kappa shape index (κ3) is 7.01. The number of ether oxygens (including phenoxy) is 3. The zero-order valence-corrected chi connectivity index (χ0v) is 12.7. The molecule has 0 radical (unpaired) electrons. The van der Waals surface area contributed by atoms with Crippen LogP contribution in [0.3, 0.4) is 0 Å². The van der Waals surface area contributed by atoms with Crippen molar-refractivity contribution in [2.75, 3.05) is 7.11 Å². The number of hydrogen-bond acceptors (Lipinski definition) is 4. The Labute approximate surface area is 126 Å². The third-order valence-corrected chi connectivity index (χ3v) is 2.19. The van der Waals surface area contributed by atoms with Crippen LogP contribution in [0.15, 0.2) is 24.3 Å². The lowest BCUT2D eigenvalue weighted by molar-refractivity contribution is -0.274. The molecule has 0 saturated carbocycles. The Bertz CT molecular complexity index is 557. The molecule has 22 heavy (non-hydrogen) atoms.